The summed E-state index contributed by atoms with van der Waals surface area (Å²) in [7, 11) is 0. The molecule has 0 amide bonds. The summed E-state index contributed by atoms with van der Waals surface area (Å²) in [5.74, 6) is 0. The standard InChI is InChI=1S/C11H19Br3O/c12-10(9-11(10,13)14)7-5-3-1-2-4-6-8-15/h15H,1-9H2. The van der Waals surface area contributed by atoms with Gasteiger partial charge in [0.2, 0.25) is 0 Å². The molecule has 90 valence electrons. The SMILES string of the molecule is OCCCCCCCCC1(Br)CC1(Br)Br. The van der Waals surface area contributed by atoms with Gasteiger partial charge in [0.15, 0.2) is 0 Å². The van der Waals surface area contributed by atoms with Gasteiger partial charge in [0.05, 0.1) is 7.56 Å². The van der Waals surface area contributed by atoms with Crippen LogP contribution in [-0.2, 0) is 0 Å². The molecule has 0 heterocycles. The molecule has 15 heavy (non-hydrogen) atoms. The average Bonchev–Trinajstić information content (AvgIpc) is 2.65. The minimum absolute atomic E-state index is 0.157. The molecule has 1 nitrogen and oxygen atoms in total. The van der Waals surface area contributed by atoms with Crippen LogP contribution in [0.25, 0.3) is 0 Å². The molecule has 0 bridgehead atoms. The summed E-state index contributed by atoms with van der Waals surface area (Å²) in [6.07, 6.45) is 9.74. The molecule has 1 aliphatic rings. The highest BCUT2D eigenvalue weighted by Gasteiger charge is 2.62. The minimum atomic E-state index is 0.157. The van der Waals surface area contributed by atoms with Crippen molar-refractivity contribution in [2.75, 3.05) is 6.61 Å². The lowest BCUT2D eigenvalue weighted by atomic mass is 10.1. The van der Waals surface area contributed by atoms with Gasteiger partial charge >= 0.3 is 0 Å². The third-order valence-electron chi connectivity index (χ3n) is 3.01. The van der Waals surface area contributed by atoms with Crippen molar-refractivity contribution in [1.29, 1.82) is 0 Å². The van der Waals surface area contributed by atoms with E-state index < -0.39 is 0 Å². The first-order chi connectivity index (χ1) is 7.02. The molecule has 0 spiro atoms. The summed E-state index contributed by atoms with van der Waals surface area (Å²) in [4.78, 5) is 0. The Kier molecular flexibility index (Phi) is 6.14. The van der Waals surface area contributed by atoms with Crippen molar-refractivity contribution < 1.29 is 5.11 Å². The first-order valence-electron chi connectivity index (χ1n) is 5.69. The van der Waals surface area contributed by atoms with E-state index in [4.69, 9.17) is 5.11 Å². The average molecular weight is 407 g/mol. The van der Waals surface area contributed by atoms with Gasteiger partial charge in [-0.3, -0.25) is 0 Å². The number of rotatable bonds is 8. The fraction of sp³-hybridized carbons (Fsp3) is 1.00. The Hall–Kier alpha value is 1.40. The molecule has 0 saturated heterocycles. The van der Waals surface area contributed by atoms with Crippen LogP contribution in [0, 0.1) is 0 Å². The highest BCUT2D eigenvalue weighted by molar-refractivity contribution is 9.26. The van der Waals surface area contributed by atoms with Crippen LogP contribution in [0.2, 0.25) is 0 Å². The van der Waals surface area contributed by atoms with Crippen LogP contribution in [0.1, 0.15) is 51.4 Å². The van der Waals surface area contributed by atoms with E-state index in [1.165, 1.54) is 44.9 Å². The molecule has 0 aromatic carbocycles. The molecule has 1 fully saturated rings. The van der Waals surface area contributed by atoms with E-state index in [-0.39, 0.29) is 3.23 Å². The lowest BCUT2D eigenvalue weighted by Crippen LogP contribution is -2.06. The second-order valence-corrected chi connectivity index (χ2v) is 9.73. The Morgan fingerprint density at radius 1 is 0.867 bits per heavy atom. The maximum Gasteiger partial charge on any atom is 0.0972 e. The van der Waals surface area contributed by atoms with E-state index in [0.29, 0.717) is 10.9 Å². The first-order valence-corrected chi connectivity index (χ1v) is 8.07. The topological polar surface area (TPSA) is 20.2 Å². The third kappa shape index (κ3) is 4.64. The second-order valence-electron chi connectivity index (χ2n) is 4.44. The summed E-state index contributed by atoms with van der Waals surface area (Å²) in [6.45, 7) is 0.347. The van der Waals surface area contributed by atoms with E-state index in [1.807, 2.05) is 0 Å². The van der Waals surface area contributed by atoms with Crippen molar-refractivity contribution in [2.24, 2.45) is 0 Å². The summed E-state index contributed by atoms with van der Waals surface area (Å²) in [5, 5.41) is 8.62. The largest absolute Gasteiger partial charge is 0.396 e. The molecule has 1 unspecified atom stereocenters. The number of hydrogen-bond acceptors (Lipinski definition) is 1. The van der Waals surface area contributed by atoms with Crippen LogP contribution in [0.5, 0.6) is 0 Å². The predicted octanol–water partition coefficient (Wildman–Crippen LogP) is 4.73. The van der Waals surface area contributed by atoms with E-state index >= 15 is 0 Å². The molecule has 0 aliphatic heterocycles. The quantitative estimate of drug-likeness (QED) is 0.456. The smallest absolute Gasteiger partial charge is 0.0972 e. The number of aliphatic hydroxyl groups is 1. The monoisotopic (exact) mass is 404 g/mol. The van der Waals surface area contributed by atoms with Crippen LogP contribution < -0.4 is 0 Å². The van der Waals surface area contributed by atoms with E-state index in [9.17, 15) is 0 Å². The number of aliphatic hydroxyl groups excluding tert-OH is 1. The normalized spacial score (nSPS) is 28.0. The van der Waals surface area contributed by atoms with Crippen LogP contribution in [0.4, 0.5) is 0 Å². The zero-order chi connectivity index (χ0) is 11.4. The molecular weight excluding hydrogens is 388 g/mol. The van der Waals surface area contributed by atoms with Gasteiger partial charge in [-0.2, -0.15) is 0 Å². The zero-order valence-corrected chi connectivity index (χ0v) is 13.7. The first kappa shape index (κ1) is 14.5. The van der Waals surface area contributed by atoms with Crippen LogP contribution in [0.3, 0.4) is 0 Å². The maximum atomic E-state index is 8.62. The lowest BCUT2D eigenvalue weighted by Gasteiger charge is -2.09. The van der Waals surface area contributed by atoms with Crippen molar-refractivity contribution in [3.63, 3.8) is 0 Å². The van der Waals surface area contributed by atoms with Crippen molar-refractivity contribution >= 4 is 47.8 Å². The van der Waals surface area contributed by atoms with Crippen LogP contribution >= 0.6 is 47.8 Å². The molecule has 1 saturated carbocycles. The molecule has 0 aromatic heterocycles. The number of alkyl halides is 3. The molecular formula is C11H19Br3O. The summed E-state index contributed by atoms with van der Waals surface area (Å²) in [5.41, 5.74) is 0. The molecule has 1 rings (SSSR count). The number of hydrogen-bond donors (Lipinski definition) is 1. The van der Waals surface area contributed by atoms with Gasteiger partial charge < -0.3 is 5.11 Å². The number of halogens is 3. The Balaban J connectivity index is 1.90. The molecule has 0 radical (unpaired) electrons. The fourth-order valence-corrected chi connectivity index (χ4v) is 4.61. The molecule has 4 heteroatoms. The highest BCUT2D eigenvalue weighted by atomic mass is 79.9. The minimum Gasteiger partial charge on any atom is -0.396 e. The fourth-order valence-electron chi connectivity index (χ4n) is 1.80. The van der Waals surface area contributed by atoms with Gasteiger partial charge in [0, 0.05) is 6.61 Å². The van der Waals surface area contributed by atoms with Crippen molar-refractivity contribution in [1.82, 2.24) is 0 Å². The van der Waals surface area contributed by atoms with Gasteiger partial charge in [0.1, 0.15) is 0 Å². The van der Waals surface area contributed by atoms with Gasteiger partial charge in [-0.25, -0.2) is 0 Å². The highest BCUT2D eigenvalue weighted by Crippen LogP contribution is 2.67. The molecule has 1 aliphatic carbocycles. The second kappa shape index (κ2) is 6.36. The van der Waals surface area contributed by atoms with Crippen molar-refractivity contribution in [2.45, 2.75) is 58.9 Å². The van der Waals surface area contributed by atoms with Crippen LogP contribution in [0.15, 0.2) is 0 Å². The van der Waals surface area contributed by atoms with Gasteiger partial charge in [-0.15, -0.1) is 0 Å². The molecule has 1 N–H and O–H groups in total. The molecule has 0 aromatic rings. The van der Waals surface area contributed by atoms with Gasteiger partial charge in [-0.1, -0.05) is 79.9 Å². The van der Waals surface area contributed by atoms with Crippen molar-refractivity contribution in [3.05, 3.63) is 0 Å². The Bertz CT molecular complexity index is 196. The Labute approximate surface area is 118 Å². The van der Waals surface area contributed by atoms with E-state index in [2.05, 4.69) is 47.8 Å². The van der Waals surface area contributed by atoms with E-state index in [0.717, 1.165) is 6.42 Å². The Morgan fingerprint density at radius 2 is 1.33 bits per heavy atom. The predicted molar refractivity (Wildman–Crippen MR) is 76.3 cm³/mol. The zero-order valence-electron chi connectivity index (χ0n) is 8.95. The lowest BCUT2D eigenvalue weighted by molar-refractivity contribution is 0.282. The van der Waals surface area contributed by atoms with Gasteiger partial charge in [-0.05, 0) is 19.3 Å². The van der Waals surface area contributed by atoms with Crippen LogP contribution in [-0.4, -0.2) is 19.3 Å². The van der Waals surface area contributed by atoms with Crippen molar-refractivity contribution in [3.8, 4) is 0 Å². The Morgan fingerprint density at radius 3 is 1.80 bits per heavy atom. The maximum absolute atomic E-state index is 8.62. The molecule has 1 atom stereocenters. The van der Waals surface area contributed by atoms with Gasteiger partial charge in [0.25, 0.3) is 0 Å². The summed E-state index contributed by atoms with van der Waals surface area (Å²) < 4.78 is 0.453. The van der Waals surface area contributed by atoms with E-state index in [1.54, 1.807) is 0 Å². The number of unbranched alkanes of at least 4 members (excludes halogenated alkanes) is 5. The summed E-state index contributed by atoms with van der Waals surface area (Å²) in [6, 6.07) is 0. The third-order valence-corrected chi connectivity index (χ3v) is 7.51. The summed E-state index contributed by atoms with van der Waals surface area (Å²) >= 11 is 11.1.